The zero-order chi connectivity index (χ0) is 15.5. The lowest BCUT2D eigenvalue weighted by Gasteiger charge is -2.18. The molecule has 1 aromatic carbocycles. The van der Waals surface area contributed by atoms with Crippen LogP contribution in [-0.2, 0) is 4.79 Å². The van der Waals surface area contributed by atoms with E-state index in [4.69, 9.17) is 4.74 Å². The molecule has 2 rings (SSSR count). The number of benzene rings is 1. The maximum absolute atomic E-state index is 11.9. The molecular formula is C18H27NO2. The Morgan fingerprint density at radius 1 is 1.38 bits per heavy atom. The molecule has 0 aliphatic heterocycles. The van der Waals surface area contributed by atoms with Gasteiger partial charge in [0.05, 0.1) is 13.0 Å². The monoisotopic (exact) mass is 289 g/mol. The van der Waals surface area contributed by atoms with Crippen LogP contribution in [0.15, 0.2) is 18.2 Å². The Balaban J connectivity index is 1.72. The summed E-state index contributed by atoms with van der Waals surface area (Å²) in [6, 6.07) is 6.44. The standard InChI is InChI=1S/C18H27NO2/c1-13-5-6-16(14(2)11-13)21-10-8-17(20)19-15-7-9-18(3,4)12-15/h5-6,11,15H,7-10,12H2,1-4H3,(H,19,20). The van der Waals surface area contributed by atoms with Crippen LogP contribution < -0.4 is 10.1 Å². The molecule has 1 aromatic rings. The van der Waals surface area contributed by atoms with Gasteiger partial charge in [-0.15, -0.1) is 0 Å². The normalized spacial score (nSPS) is 20.3. The van der Waals surface area contributed by atoms with Crippen molar-refractivity contribution in [3.05, 3.63) is 29.3 Å². The van der Waals surface area contributed by atoms with Crippen molar-refractivity contribution in [2.45, 2.75) is 59.4 Å². The lowest BCUT2D eigenvalue weighted by atomic mass is 9.92. The van der Waals surface area contributed by atoms with Gasteiger partial charge in [-0.1, -0.05) is 31.5 Å². The highest BCUT2D eigenvalue weighted by Gasteiger charge is 2.31. The third-order valence-corrected chi connectivity index (χ3v) is 4.25. The van der Waals surface area contributed by atoms with Crippen LogP contribution >= 0.6 is 0 Å². The number of aryl methyl sites for hydroxylation is 2. The lowest BCUT2D eigenvalue weighted by Crippen LogP contribution is -2.34. The van der Waals surface area contributed by atoms with E-state index in [0.717, 1.165) is 24.2 Å². The molecule has 3 nitrogen and oxygen atoms in total. The summed E-state index contributed by atoms with van der Waals surface area (Å²) in [7, 11) is 0. The van der Waals surface area contributed by atoms with Crippen molar-refractivity contribution >= 4 is 5.91 Å². The molecule has 0 spiro atoms. The van der Waals surface area contributed by atoms with E-state index in [9.17, 15) is 4.79 Å². The van der Waals surface area contributed by atoms with Crippen molar-refractivity contribution in [3.8, 4) is 5.75 Å². The predicted octanol–water partition coefficient (Wildman–Crippen LogP) is 3.77. The van der Waals surface area contributed by atoms with Crippen molar-refractivity contribution < 1.29 is 9.53 Å². The molecular weight excluding hydrogens is 262 g/mol. The molecule has 1 fully saturated rings. The third kappa shape index (κ3) is 4.76. The summed E-state index contributed by atoms with van der Waals surface area (Å²) in [5, 5.41) is 3.13. The zero-order valence-electron chi connectivity index (χ0n) is 13.7. The Morgan fingerprint density at radius 3 is 2.76 bits per heavy atom. The number of carbonyl (C=O) groups is 1. The quantitative estimate of drug-likeness (QED) is 0.896. The van der Waals surface area contributed by atoms with Gasteiger partial charge in [0.2, 0.25) is 5.91 Å². The summed E-state index contributed by atoms with van der Waals surface area (Å²) in [4.78, 5) is 11.9. The van der Waals surface area contributed by atoms with E-state index < -0.39 is 0 Å². The first kappa shape index (κ1) is 15.9. The minimum Gasteiger partial charge on any atom is -0.493 e. The van der Waals surface area contributed by atoms with Gasteiger partial charge in [0.1, 0.15) is 5.75 Å². The molecule has 1 aliphatic rings. The minimum atomic E-state index is 0.0995. The number of nitrogens with one attached hydrogen (secondary N) is 1. The molecule has 0 heterocycles. The van der Waals surface area contributed by atoms with Crippen LogP contribution in [0.1, 0.15) is 50.7 Å². The molecule has 1 N–H and O–H groups in total. The average Bonchev–Trinajstić information content (AvgIpc) is 2.71. The fourth-order valence-electron chi connectivity index (χ4n) is 3.07. The van der Waals surface area contributed by atoms with Crippen molar-refractivity contribution in [2.75, 3.05) is 6.61 Å². The van der Waals surface area contributed by atoms with E-state index in [-0.39, 0.29) is 5.91 Å². The Morgan fingerprint density at radius 2 is 2.14 bits per heavy atom. The third-order valence-electron chi connectivity index (χ3n) is 4.25. The Bertz CT molecular complexity index is 508. The number of hydrogen-bond acceptors (Lipinski definition) is 2. The smallest absolute Gasteiger partial charge is 0.223 e. The summed E-state index contributed by atoms with van der Waals surface area (Å²) >= 11 is 0. The zero-order valence-corrected chi connectivity index (χ0v) is 13.7. The maximum atomic E-state index is 11.9. The molecule has 1 amide bonds. The molecule has 0 aromatic heterocycles. The van der Waals surface area contributed by atoms with Gasteiger partial charge in [0.25, 0.3) is 0 Å². The van der Waals surface area contributed by atoms with Crippen LogP contribution in [0.25, 0.3) is 0 Å². The average molecular weight is 289 g/mol. The number of ether oxygens (including phenoxy) is 1. The molecule has 1 saturated carbocycles. The molecule has 0 bridgehead atoms. The Hall–Kier alpha value is -1.51. The lowest BCUT2D eigenvalue weighted by molar-refractivity contribution is -0.122. The Kier molecular flexibility index (Phi) is 4.92. The summed E-state index contributed by atoms with van der Waals surface area (Å²) in [5.74, 6) is 0.970. The van der Waals surface area contributed by atoms with Gasteiger partial charge in [-0.25, -0.2) is 0 Å². The first-order valence-corrected chi connectivity index (χ1v) is 7.85. The largest absolute Gasteiger partial charge is 0.493 e. The van der Waals surface area contributed by atoms with Crippen molar-refractivity contribution in [3.63, 3.8) is 0 Å². The van der Waals surface area contributed by atoms with E-state index >= 15 is 0 Å². The van der Waals surface area contributed by atoms with Gasteiger partial charge in [0.15, 0.2) is 0 Å². The van der Waals surface area contributed by atoms with E-state index in [2.05, 4.69) is 32.2 Å². The van der Waals surface area contributed by atoms with Crippen LogP contribution in [-0.4, -0.2) is 18.6 Å². The second kappa shape index (κ2) is 6.50. The number of amides is 1. The topological polar surface area (TPSA) is 38.3 Å². The fraction of sp³-hybridized carbons (Fsp3) is 0.611. The van der Waals surface area contributed by atoms with Crippen LogP contribution in [0.2, 0.25) is 0 Å². The predicted molar refractivity (Wildman–Crippen MR) is 85.6 cm³/mol. The van der Waals surface area contributed by atoms with Gasteiger partial charge in [-0.2, -0.15) is 0 Å². The van der Waals surface area contributed by atoms with Crippen molar-refractivity contribution in [2.24, 2.45) is 5.41 Å². The SMILES string of the molecule is Cc1ccc(OCCC(=O)NC2CCC(C)(C)C2)c(C)c1. The van der Waals surface area contributed by atoms with E-state index in [1.54, 1.807) is 0 Å². The molecule has 1 unspecified atom stereocenters. The Labute approximate surface area is 128 Å². The number of carbonyl (C=O) groups excluding carboxylic acids is 1. The molecule has 21 heavy (non-hydrogen) atoms. The van der Waals surface area contributed by atoms with Crippen LogP contribution in [0.5, 0.6) is 5.75 Å². The fourth-order valence-corrected chi connectivity index (χ4v) is 3.07. The van der Waals surface area contributed by atoms with Gasteiger partial charge in [0, 0.05) is 6.04 Å². The van der Waals surface area contributed by atoms with Gasteiger partial charge in [-0.3, -0.25) is 4.79 Å². The highest BCUT2D eigenvalue weighted by Crippen LogP contribution is 2.36. The van der Waals surface area contributed by atoms with Crippen LogP contribution in [0, 0.1) is 19.3 Å². The summed E-state index contributed by atoms with van der Waals surface area (Å²) in [6.45, 7) is 9.06. The molecule has 1 atom stereocenters. The van der Waals surface area contributed by atoms with E-state index in [1.165, 1.54) is 12.0 Å². The van der Waals surface area contributed by atoms with Crippen molar-refractivity contribution in [1.29, 1.82) is 0 Å². The first-order chi connectivity index (χ1) is 9.85. The first-order valence-electron chi connectivity index (χ1n) is 7.85. The summed E-state index contributed by atoms with van der Waals surface area (Å²) in [5.41, 5.74) is 2.71. The molecule has 1 aliphatic carbocycles. The van der Waals surface area contributed by atoms with Crippen LogP contribution in [0.4, 0.5) is 0 Å². The maximum Gasteiger partial charge on any atom is 0.223 e. The highest BCUT2D eigenvalue weighted by molar-refractivity contribution is 5.76. The second-order valence-corrected chi connectivity index (χ2v) is 7.04. The number of hydrogen-bond donors (Lipinski definition) is 1. The summed E-state index contributed by atoms with van der Waals surface area (Å²) < 4.78 is 5.71. The number of rotatable bonds is 5. The van der Waals surface area contributed by atoms with E-state index in [0.29, 0.717) is 24.5 Å². The minimum absolute atomic E-state index is 0.0995. The van der Waals surface area contributed by atoms with Gasteiger partial charge in [-0.05, 0) is 50.2 Å². The van der Waals surface area contributed by atoms with Crippen molar-refractivity contribution in [1.82, 2.24) is 5.32 Å². The summed E-state index contributed by atoms with van der Waals surface area (Å²) in [6.07, 6.45) is 3.79. The van der Waals surface area contributed by atoms with E-state index in [1.807, 2.05) is 19.1 Å². The highest BCUT2D eigenvalue weighted by atomic mass is 16.5. The van der Waals surface area contributed by atoms with Gasteiger partial charge < -0.3 is 10.1 Å². The second-order valence-electron chi connectivity index (χ2n) is 7.04. The molecule has 3 heteroatoms. The molecule has 0 saturated heterocycles. The van der Waals surface area contributed by atoms with Gasteiger partial charge >= 0.3 is 0 Å². The van der Waals surface area contributed by atoms with Crippen LogP contribution in [0.3, 0.4) is 0 Å². The molecule has 0 radical (unpaired) electrons. The molecule has 116 valence electrons.